The molecule has 3 heteroatoms. The van der Waals surface area contributed by atoms with Crippen molar-refractivity contribution in [2.75, 3.05) is 19.7 Å². The topological polar surface area (TPSA) is 32.7 Å². The molecule has 2 rings (SSSR count). The highest BCUT2D eigenvalue weighted by atomic mass is 16.5. The Morgan fingerprint density at radius 2 is 2.12 bits per heavy atom. The Labute approximate surface area is 103 Å². The number of phenolic OH excluding ortho intramolecular Hbond substituents is 1. The van der Waals surface area contributed by atoms with E-state index < -0.39 is 0 Å². The molecule has 1 fully saturated rings. The number of phenols is 1. The van der Waals surface area contributed by atoms with Gasteiger partial charge in [-0.15, -0.1) is 0 Å². The molecule has 3 nitrogen and oxygen atoms in total. The maximum atomic E-state index is 9.50. The second-order valence-electron chi connectivity index (χ2n) is 5.57. The highest BCUT2D eigenvalue weighted by Gasteiger charge is 2.29. The molecular formula is C14H21NO2. The molecule has 0 radical (unpaired) electrons. The lowest BCUT2D eigenvalue weighted by Gasteiger charge is -2.41. The van der Waals surface area contributed by atoms with Crippen LogP contribution in [-0.4, -0.2) is 35.2 Å². The van der Waals surface area contributed by atoms with Crippen molar-refractivity contribution in [3.05, 3.63) is 29.8 Å². The summed E-state index contributed by atoms with van der Waals surface area (Å²) in [5.74, 6) is 0.305. The monoisotopic (exact) mass is 235 g/mol. The predicted octanol–water partition coefficient (Wildman–Crippen LogP) is 2.56. The van der Waals surface area contributed by atoms with Crippen molar-refractivity contribution < 1.29 is 9.84 Å². The van der Waals surface area contributed by atoms with Gasteiger partial charge in [-0.05, 0) is 38.5 Å². The zero-order valence-electron chi connectivity index (χ0n) is 10.8. The van der Waals surface area contributed by atoms with E-state index in [4.69, 9.17) is 4.74 Å². The average molecular weight is 235 g/mol. The summed E-state index contributed by atoms with van der Waals surface area (Å²) in [6, 6.07) is 7.35. The van der Waals surface area contributed by atoms with E-state index in [1.807, 2.05) is 12.1 Å². The molecule has 17 heavy (non-hydrogen) atoms. The molecule has 0 saturated carbocycles. The second-order valence-corrected chi connectivity index (χ2v) is 5.57. The summed E-state index contributed by atoms with van der Waals surface area (Å²) in [6.45, 7) is 9.26. The van der Waals surface area contributed by atoms with E-state index in [9.17, 15) is 5.11 Å². The van der Waals surface area contributed by atoms with Crippen molar-refractivity contribution in [3.8, 4) is 5.75 Å². The molecule has 1 N–H and O–H groups in total. The minimum absolute atomic E-state index is 0.0649. The molecule has 1 aliphatic rings. The van der Waals surface area contributed by atoms with Crippen LogP contribution >= 0.6 is 0 Å². The van der Waals surface area contributed by atoms with Gasteiger partial charge in [-0.1, -0.05) is 12.1 Å². The third-order valence-electron chi connectivity index (χ3n) is 3.26. The summed E-state index contributed by atoms with van der Waals surface area (Å²) in [7, 11) is 0. The van der Waals surface area contributed by atoms with Crippen LogP contribution in [0.5, 0.6) is 5.75 Å². The molecule has 1 unspecified atom stereocenters. The lowest BCUT2D eigenvalue weighted by molar-refractivity contribution is -0.0597. The van der Waals surface area contributed by atoms with Gasteiger partial charge < -0.3 is 9.84 Å². The standard InChI is InChI=1S/C14H21NO2/c1-14(2,3)15-7-8-17-13(10-15)11-5-4-6-12(16)9-11/h4-6,9,13,16H,7-8,10H2,1-3H3. The Hall–Kier alpha value is -1.06. The first-order chi connectivity index (χ1) is 7.97. The van der Waals surface area contributed by atoms with Crippen molar-refractivity contribution in [1.29, 1.82) is 0 Å². The van der Waals surface area contributed by atoms with Gasteiger partial charge >= 0.3 is 0 Å². The Kier molecular flexibility index (Phi) is 3.40. The summed E-state index contributed by atoms with van der Waals surface area (Å²) < 4.78 is 5.79. The number of ether oxygens (including phenoxy) is 1. The van der Waals surface area contributed by atoms with E-state index >= 15 is 0 Å². The number of hydrogen-bond acceptors (Lipinski definition) is 3. The fourth-order valence-corrected chi connectivity index (χ4v) is 2.19. The van der Waals surface area contributed by atoms with E-state index in [2.05, 4.69) is 25.7 Å². The van der Waals surface area contributed by atoms with E-state index in [-0.39, 0.29) is 11.6 Å². The third-order valence-corrected chi connectivity index (χ3v) is 3.26. The Bertz CT molecular complexity index is 384. The quantitative estimate of drug-likeness (QED) is 0.812. The molecule has 1 aromatic carbocycles. The molecule has 0 amide bonds. The van der Waals surface area contributed by atoms with E-state index in [0.29, 0.717) is 5.75 Å². The largest absolute Gasteiger partial charge is 0.508 e. The normalized spacial score (nSPS) is 22.6. The van der Waals surface area contributed by atoms with Crippen molar-refractivity contribution in [2.45, 2.75) is 32.4 Å². The fraction of sp³-hybridized carbons (Fsp3) is 0.571. The van der Waals surface area contributed by atoms with Crippen LogP contribution < -0.4 is 0 Å². The molecule has 0 bridgehead atoms. The van der Waals surface area contributed by atoms with Crippen LogP contribution in [0.4, 0.5) is 0 Å². The molecule has 1 saturated heterocycles. The zero-order chi connectivity index (χ0) is 12.5. The molecule has 1 atom stereocenters. The fourth-order valence-electron chi connectivity index (χ4n) is 2.19. The molecule has 1 aliphatic heterocycles. The van der Waals surface area contributed by atoms with Gasteiger partial charge in [0, 0.05) is 18.6 Å². The summed E-state index contributed by atoms with van der Waals surface area (Å²) in [5, 5.41) is 9.50. The minimum Gasteiger partial charge on any atom is -0.508 e. The first-order valence-corrected chi connectivity index (χ1v) is 6.12. The Morgan fingerprint density at radius 1 is 1.35 bits per heavy atom. The summed E-state index contributed by atoms with van der Waals surface area (Å²) >= 11 is 0. The Morgan fingerprint density at radius 3 is 2.76 bits per heavy atom. The number of rotatable bonds is 1. The molecule has 1 heterocycles. The number of benzene rings is 1. The summed E-state index contributed by atoms with van der Waals surface area (Å²) in [4.78, 5) is 2.42. The molecule has 94 valence electrons. The lowest BCUT2D eigenvalue weighted by Crippen LogP contribution is -2.48. The lowest BCUT2D eigenvalue weighted by atomic mass is 10.0. The second kappa shape index (κ2) is 4.67. The van der Waals surface area contributed by atoms with Gasteiger partial charge in [-0.2, -0.15) is 0 Å². The minimum atomic E-state index is 0.0649. The number of hydrogen-bond donors (Lipinski definition) is 1. The van der Waals surface area contributed by atoms with Gasteiger partial charge in [0.05, 0.1) is 12.7 Å². The van der Waals surface area contributed by atoms with Gasteiger partial charge in [0.15, 0.2) is 0 Å². The van der Waals surface area contributed by atoms with Crippen LogP contribution in [-0.2, 0) is 4.74 Å². The van der Waals surface area contributed by atoms with Gasteiger partial charge in [-0.25, -0.2) is 0 Å². The van der Waals surface area contributed by atoms with Crippen LogP contribution in [0.25, 0.3) is 0 Å². The van der Waals surface area contributed by atoms with Gasteiger partial charge in [0.1, 0.15) is 5.75 Å². The highest BCUT2D eigenvalue weighted by molar-refractivity contribution is 5.29. The Balaban J connectivity index is 2.12. The maximum absolute atomic E-state index is 9.50. The number of nitrogens with zero attached hydrogens (tertiary/aromatic N) is 1. The maximum Gasteiger partial charge on any atom is 0.115 e. The van der Waals surface area contributed by atoms with Crippen LogP contribution in [0.2, 0.25) is 0 Å². The van der Waals surface area contributed by atoms with E-state index in [1.54, 1.807) is 12.1 Å². The third kappa shape index (κ3) is 2.99. The van der Waals surface area contributed by atoms with Crippen LogP contribution in [0.15, 0.2) is 24.3 Å². The molecule has 0 aromatic heterocycles. The van der Waals surface area contributed by atoms with Gasteiger partial charge in [0.2, 0.25) is 0 Å². The molecule has 0 aliphatic carbocycles. The SMILES string of the molecule is CC(C)(C)N1CCOC(c2cccc(O)c2)C1. The molecular weight excluding hydrogens is 214 g/mol. The van der Waals surface area contributed by atoms with E-state index in [1.165, 1.54) is 0 Å². The van der Waals surface area contributed by atoms with Crippen LogP contribution in [0.1, 0.15) is 32.4 Å². The first-order valence-electron chi connectivity index (χ1n) is 6.12. The van der Waals surface area contributed by atoms with Gasteiger partial charge in [-0.3, -0.25) is 4.90 Å². The summed E-state index contributed by atoms with van der Waals surface area (Å²) in [5.41, 5.74) is 1.22. The highest BCUT2D eigenvalue weighted by Crippen LogP contribution is 2.28. The van der Waals surface area contributed by atoms with Crippen molar-refractivity contribution in [2.24, 2.45) is 0 Å². The van der Waals surface area contributed by atoms with Crippen LogP contribution in [0.3, 0.4) is 0 Å². The van der Waals surface area contributed by atoms with Crippen molar-refractivity contribution in [1.82, 2.24) is 4.90 Å². The average Bonchev–Trinajstić information content (AvgIpc) is 2.28. The van der Waals surface area contributed by atoms with Crippen molar-refractivity contribution >= 4 is 0 Å². The number of morpholine rings is 1. The zero-order valence-corrected chi connectivity index (χ0v) is 10.8. The molecule has 0 spiro atoms. The molecule has 1 aromatic rings. The smallest absolute Gasteiger partial charge is 0.115 e. The first kappa shape index (κ1) is 12.4. The number of aromatic hydroxyl groups is 1. The van der Waals surface area contributed by atoms with E-state index in [0.717, 1.165) is 25.3 Å². The van der Waals surface area contributed by atoms with Gasteiger partial charge in [0.25, 0.3) is 0 Å². The predicted molar refractivity (Wildman–Crippen MR) is 68.1 cm³/mol. The van der Waals surface area contributed by atoms with Crippen LogP contribution in [0, 0.1) is 0 Å². The summed E-state index contributed by atoms with van der Waals surface area (Å²) in [6.07, 6.45) is 0.0649. The van der Waals surface area contributed by atoms with Crippen molar-refractivity contribution in [3.63, 3.8) is 0 Å².